The Balaban J connectivity index is 2.21. The van der Waals surface area contributed by atoms with Crippen LogP contribution in [0.15, 0.2) is 34.7 Å². The van der Waals surface area contributed by atoms with Gasteiger partial charge in [-0.05, 0) is 18.2 Å². The zero-order valence-corrected chi connectivity index (χ0v) is 12.0. The van der Waals surface area contributed by atoms with E-state index in [4.69, 9.17) is 5.73 Å². The van der Waals surface area contributed by atoms with Crippen molar-refractivity contribution in [3.05, 3.63) is 40.3 Å². The van der Waals surface area contributed by atoms with Crippen LogP contribution in [0.1, 0.15) is 10.6 Å². The van der Waals surface area contributed by atoms with E-state index >= 15 is 0 Å². The van der Waals surface area contributed by atoms with Gasteiger partial charge in [0.25, 0.3) is 10.0 Å². The number of aromatic nitrogens is 1. The first-order valence-electron chi connectivity index (χ1n) is 5.56. The molecule has 3 N–H and O–H groups in total. The van der Waals surface area contributed by atoms with Crippen LogP contribution in [-0.4, -0.2) is 13.4 Å². The summed E-state index contributed by atoms with van der Waals surface area (Å²) in [5.41, 5.74) is 4.25. The molecular formula is C11H10F3N3O2S2. The van der Waals surface area contributed by atoms with Crippen molar-refractivity contribution in [1.29, 1.82) is 0 Å². The van der Waals surface area contributed by atoms with E-state index in [0.29, 0.717) is 10.9 Å². The maximum Gasteiger partial charge on any atom is 0.433 e. The highest BCUT2D eigenvalue weighted by Crippen LogP contribution is 2.28. The summed E-state index contributed by atoms with van der Waals surface area (Å²) in [6.07, 6.45) is -3.75. The average Bonchev–Trinajstić information content (AvgIpc) is 2.87. The lowest BCUT2D eigenvalue weighted by molar-refractivity contribution is -0.141. The first-order valence-corrected chi connectivity index (χ1v) is 7.92. The van der Waals surface area contributed by atoms with E-state index in [1.54, 1.807) is 0 Å². The van der Waals surface area contributed by atoms with Gasteiger partial charge in [0.05, 0.1) is 16.8 Å². The van der Waals surface area contributed by atoms with E-state index in [-0.39, 0.29) is 17.1 Å². The second-order valence-corrected chi connectivity index (χ2v) is 6.67. The van der Waals surface area contributed by atoms with E-state index in [9.17, 15) is 21.6 Å². The van der Waals surface area contributed by atoms with Crippen molar-refractivity contribution in [2.24, 2.45) is 5.73 Å². The molecule has 0 bridgehead atoms. The van der Waals surface area contributed by atoms with Gasteiger partial charge in [-0.2, -0.15) is 13.2 Å². The highest BCUT2D eigenvalue weighted by Gasteiger charge is 2.32. The largest absolute Gasteiger partial charge is 0.433 e. The van der Waals surface area contributed by atoms with Crippen molar-refractivity contribution in [3.63, 3.8) is 0 Å². The summed E-state index contributed by atoms with van der Waals surface area (Å²) in [5.74, 6) is 0. The Morgan fingerprint density at radius 2 is 2.05 bits per heavy atom. The van der Waals surface area contributed by atoms with Crippen molar-refractivity contribution in [2.45, 2.75) is 17.6 Å². The molecule has 2 heterocycles. The Bertz CT molecular complexity index is 724. The van der Waals surface area contributed by atoms with Gasteiger partial charge >= 0.3 is 6.18 Å². The summed E-state index contributed by atoms with van der Waals surface area (Å²) >= 11 is 1.18. The molecule has 0 atom stereocenters. The molecule has 0 spiro atoms. The number of anilines is 1. The number of hydrogen-bond acceptors (Lipinski definition) is 5. The molecule has 0 saturated heterocycles. The minimum absolute atomic E-state index is 0.00727. The summed E-state index contributed by atoms with van der Waals surface area (Å²) in [6.45, 7) is 0.210. The molecule has 5 nitrogen and oxygen atoms in total. The fourth-order valence-corrected chi connectivity index (χ4v) is 3.64. The van der Waals surface area contributed by atoms with Gasteiger partial charge < -0.3 is 5.73 Å². The minimum atomic E-state index is -4.57. The number of pyridine rings is 1. The maximum absolute atomic E-state index is 12.4. The molecule has 114 valence electrons. The van der Waals surface area contributed by atoms with Crippen molar-refractivity contribution in [3.8, 4) is 0 Å². The van der Waals surface area contributed by atoms with Crippen molar-refractivity contribution >= 4 is 27.0 Å². The smallest absolute Gasteiger partial charge is 0.326 e. The molecule has 10 heteroatoms. The summed E-state index contributed by atoms with van der Waals surface area (Å²) in [7, 11) is -3.87. The molecule has 0 aliphatic carbocycles. The molecule has 0 aliphatic rings. The molecule has 2 aromatic rings. The van der Waals surface area contributed by atoms with Gasteiger partial charge in [0.15, 0.2) is 0 Å². The molecule has 0 amide bonds. The van der Waals surface area contributed by atoms with E-state index in [1.165, 1.54) is 22.8 Å². The number of thiophene rings is 1. The summed E-state index contributed by atoms with van der Waals surface area (Å²) in [6, 6.07) is 3.12. The zero-order chi connectivity index (χ0) is 15.7. The number of hydrogen-bond donors (Lipinski definition) is 2. The third kappa shape index (κ3) is 3.71. The van der Waals surface area contributed by atoms with Crippen LogP contribution in [0, 0.1) is 0 Å². The van der Waals surface area contributed by atoms with Gasteiger partial charge in [0, 0.05) is 16.8 Å². The Labute approximate surface area is 122 Å². The number of nitrogens with zero attached hydrogens (tertiary/aromatic N) is 1. The van der Waals surface area contributed by atoms with Crippen LogP contribution in [0.25, 0.3) is 0 Å². The standard InChI is InChI=1S/C11H10F3N3O2S2/c12-11(13,14)10-2-1-7(5-16-10)17-21(18,19)9-3-8(4-15)20-6-9/h1-3,5-6,17H,4,15H2. The minimum Gasteiger partial charge on any atom is -0.326 e. The summed E-state index contributed by atoms with van der Waals surface area (Å²) < 4.78 is 63.3. The van der Waals surface area contributed by atoms with Gasteiger partial charge in [0.1, 0.15) is 5.69 Å². The van der Waals surface area contributed by atoms with Crippen LogP contribution in [0.3, 0.4) is 0 Å². The van der Waals surface area contributed by atoms with Crippen LogP contribution < -0.4 is 10.5 Å². The summed E-state index contributed by atoms with van der Waals surface area (Å²) in [5, 5.41) is 1.40. The van der Waals surface area contributed by atoms with Crippen molar-refractivity contribution in [1.82, 2.24) is 4.98 Å². The van der Waals surface area contributed by atoms with E-state index < -0.39 is 21.9 Å². The molecule has 21 heavy (non-hydrogen) atoms. The van der Waals surface area contributed by atoms with Crippen molar-refractivity contribution in [2.75, 3.05) is 4.72 Å². The van der Waals surface area contributed by atoms with Crippen LogP contribution in [0.2, 0.25) is 0 Å². The fourth-order valence-electron chi connectivity index (χ4n) is 1.44. The first kappa shape index (κ1) is 15.7. The third-order valence-corrected chi connectivity index (χ3v) is 4.92. The second-order valence-electron chi connectivity index (χ2n) is 3.99. The molecule has 0 saturated carbocycles. The number of nitrogens with two attached hydrogens (primary N) is 1. The number of nitrogens with one attached hydrogen (secondary N) is 1. The van der Waals surface area contributed by atoms with Gasteiger partial charge in [-0.3, -0.25) is 4.72 Å². The first-order chi connectivity index (χ1) is 9.72. The van der Waals surface area contributed by atoms with Gasteiger partial charge in [-0.25, -0.2) is 13.4 Å². The molecule has 0 radical (unpaired) electrons. The lowest BCUT2D eigenvalue weighted by atomic mass is 10.3. The monoisotopic (exact) mass is 337 g/mol. The Hall–Kier alpha value is -1.65. The molecule has 0 fully saturated rings. The molecule has 2 rings (SSSR count). The van der Waals surface area contributed by atoms with E-state index in [0.717, 1.165) is 12.3 Å². The van der Waals surface area contributed by atoms with Gasteiger partial charge in [-0.15, -0.1) is 11.3 Å². The second kappa shape index (κ2) is 5.62. The average molecular weight is 337 g/mol. The summed E-state index contributed by atoms with van der Waals surface area (Å²) in [4.78, 5) is 3.87. The molecule has 2 aromatic heterocycles. The van der Waals surface area contributed by atoms with E-state index in [2.05, 4.69) is 9.71 Å². The van der Waals surface area contributed by atoms with Crippen molar-refractivity contribution < 1.29 is 21.6 Å². The number of rotatable bonds is 4. The van der Waals surface area contributed by atoms with Crippen LogP contribution in [0.4, 0.5) is 18.9 Å². The number of alkyl halides is 3. The topological polar surface area (TPSA) is 85.1 Å². The molecule has 0 unspecified atom stereocenters. The quantitative estimate of drug-likeness (QED) is 0.897. The predicted molar refractivity (Wildman–Crippen MR) is 72.3 cm³/mol. The van der Waals surface area contributed by atoms with Crippen LogP contribution in [0.5, 0.6) is 0 Å². The molecule has 0 aromatic carbocycles. The highest BCUT2D eigenvalue weighted by atomic mass is 32.2. The lowest BCUT2D eigenvalue weighted by Gasteiger charge is -2.08. The van der Waals surface area contributed by atoms with Crippen LogP contribution >= 0.6 is 11.3 Å². The van der Waals surface area contributed by atoms with Crippen LogP contribution in [-0.2, 0) is 22.7 Å². The third-order valence-electron chi connectivity index (χ3n) is 2.45. The highest BCUT2D eigenvalue weighted by molar-refractivity contribution is 7.92. The molecular weight excluding hydrogens is 327 g/mol. The Kier molecular flexibility index (Phi) is 4.21. The lowest BCUT2D eigenvalue weighted by Crippen LogP contribution is -2.13. The predicted octanol–water partition coefficient (Wildman–Crippen LogP) is 2.42. The maximum atomic E-state index is 12.4. The number of sulfonamides is 1. The Morgan fingerprint density at radius 1 is 1.33 bits per heavy atom. The van der Waals surface area contributed by atoms with E-state index in [1.807, 2.05) is 0 Å². The van der Waals surface area contributed by atoms with Gasteiger partial charge in [-0.1, -0.05) is 0 Å². The normalized spacial score (nSPS) is 12.4. The zero-order valence-electron chi connectivity index (χ0n) is 10.4. The fraction of sp³-hybridized carbons (Fsp3) is 0.182. The SMILES string of the molecule is NCc1cc(S(=O)(=O)Nc2ccc(C(F)(F)F)nc2)cs1. The molecule has 0 aliphatic heterocycles. The Morgan fingerprint density at radius 3 is 2.52 bits per heavy atom. The number of halogens is 3. The van der Waals surface area contributed by atoms with Gasteiger partial charge in [0.2, 0.25) is 0 Å².